The molecule has 0 aromatic rings. The van der Waals surface area contributed by atoms with Gasteiger partial charge in [-0.05, 0) is 32.1 Å². The fourth-order valence-corrected chi connectivity index (χ4v) is 2.73. The number of guanidine groups is 1. The summed E-state index contributed by atoms with van der Waals surface area (Å²) in [4.78, 5) is 52.1. The lowest BCUT2D eigenvalue weighted by Gasteiger charge is -2.25. The van der Waals surface area contributed by atoms with Crippen LogP contribution < -0.4 is 33.2 Å². The Bertz CT molecular complexity index is 655. The third kappa shape index (κ3) is 12.0. The number of hydrogen-bond donors (Lipinski definition) is 8. The van der Waals surface area contributed by atoms with Gasteiger partial charge in [-0.3, -0.25) is 24.2 Å². The van der Waals surface area contributed by atoms with Crippen LogP contribution in [-0.2, 0) is 19.2 Å². The van der Waals surface area contributed by atoms with Crippen molar-refractivity contribution in [2.45, 2.75) is 64.2 Å². The van der Waals surface area contributed by atoms with Gasteiger partial charge in [0.25, 0.3) is 0 Å². The summed E-state index contributed by atoms with van der Waals surface area (Å²) in [5, 5.41) is 16.4. The van der Waals surface area contributed by atoms with E-state index < -0.39 is 47.9 Å². The van der Waals surface area contributed by atoms with Crippen molar-refractivity contribution in [3.63, 3.8) is 0 Å². The highest BCUT2D eigenvalue weighted by molar-refractivity contribution is 7.80. The quantitative estimate of drug-likeness (QED) is 0.0619. The number of nitrogens with zero attached hydrogens (tertiary/aromatic N) is 1. The molecule has 0 saturated heterocycles. The molecule has 0 aromatic heterocycles. The maximum Gasteiger partial charge on any atom is 0.325 e. The number of carboxylic acids is 1. The Kier molecular flexibility index (Phi) is 13.3. The largest absolute Gasteiger partial charge is 0.480 e. The molecule has 0 spiro atoms. The molecule has 3 amide bonds. The van der Waals surface area contributed by atoms with Gasteiger partial charge in [-0.1, -0.05) is 13.8 Å². The molecule has 0 rings (SSSR count). The van der Waals surface area contributed by atoms with Crippen LogP contribution in [0.25, 0.3) is 0 Å². The average molecular weight is 462 g/mol. The fraction of sp³-hybridized carbons (Fsp3) is 0.722. The predicted octanol–water partition coefficient (Wildman–Crippen LogP) is -2.10. The van der Waals surface area contributed by atoms with Gasteiger partial charge in [0.05, 0.1) is 6.04 Å². The normalized spacial score (nSPS) is 14.6. The molecule has 0 saturated carbocycles. The minimum atomic E-state index is -1.20. The number of aliphatic imine (C=N–C) groups is 1. The molecule has 0 radical (unpaired) electrons. The van der Waals surface area contributed by atoms with E-state index in [1.165, 1.54) is 6.92 Å². The lowest BCUT2D eigenvalue weighted by atomic mass is 10.0. The molecule has 0 aromatic carbocycles. The molecule has 0 aliphatic rings. The standard InChI is InChI=1S/C18H35N7O5S/c1-9(2)7-12(15(27)23-10(3)17(29)30)24-16(28)13(8-31)25-14(26)11(19)5-4-6-22-18(20)21/h9-13,31H,4-8,19H2,1-3H3,(H,23,27)(H,24,28)(H,25,26)(H,29,30)(H4,20,21,22). The van der Waals surface area contributed by atoms with E-state index >= 15 is 0 Å². The van der Waals surface area contributed by atoms with Crippen molar-refractivity contribution in [3.8, 4) is 0 Å². The smallest absolute Gasteiger partial charge is 0.325 e. The maximum absolute atomic E-state index is 12.6. The van der Waals surface area contributed by atoms with Crippen LogP contribution in [0, 0.1) is 5.92 Å². The number of carbonyl (C=O) groups is 4. The molecular weight excluding hydrogens is 426 g/mol. The maximum atomic E-state index is 12.6. The lowest BCUT2D eigenvalue weighted by molar-refractivity contribution is -0.141. The predicted molar refractivity (Wildman–Crippen MR) is 120 cm³/mol. The summed E-state index contributed by atoms with van der Waals surface area (Å²) >= 11 is 4.09. The van der Waals surface area contributed by atoms with Gasteiger partial charge in [-0.15, -0.1) is 0 Å². The van der Waals surface area contributed by atoms with Gasteiger partial charge in [0.15, 0.2) is 5.96 Å². The van der Waals surface area contributed by atoms with E-state index in [2.05, 4.69) is 33.6 Å². The van der Waals surface area contributed by atoms with Crippen LogP contribution in [0.1, 0.15) is 40.0 Å². The van der Waals surface area contributed by atoms with Crippen molar-refractivity contribution in [1.29, 1.82) is 0 Å². The summed E-state index contributed by atoms with van der Waals surface area (Å²) in [6.07, 6.45) is 1.05. The molecule has 0 fully saturated rings. The Morgan fingerprint density at radius 2 is 1.52 bits per heavy atom. The third-order valence-corrected chi connectivity index (χ3v) is 4.55. The van der Waals surface area contributed by atoms with Crippen LogP contribution in [0.3, 0.4) is 0 Å². The van der Waals surface area contributed by atoms with Crippen LogP contribution in [0.2, 0.25) is 0 Å². The van der Waals surface area contributed by atoms with E-state index in [-0.39, 0.29) is 24.1 Å². The summed E-state index contributed by atoms with van der Waals surface area (Å²) in [6, 6.07) is -3.99. The molecule has 178 valence electrons. The Morgan fingerprint density at radius 3 is 2.00 bits per heavy atom. The van der Waals surface area contributed by atoms with Gasteiger partial charge in [-0.25, -0.2) is 0 Å². The highest BCUT2D eigenvalue weighted by Crippen LogP contribution is 2.07. The number of amides is 3. The van der Waals surface area contributed by atoms with Gasteiger partial charge in [0, 0.05) is 12.3 Å². The molecule has 0 aliphatic heterocycles. The number of carbonyl (C=O) groups excluding carboxylic acids is 3. The van der Waals surface area contributed by atoms with Crippen molar-refractivity contribution in [2.24, 2.45) is 28.1 Å². The number of aliphatic carboxylic acids is 1. The first kappa shape index (κ1) is 28.5. The van der Waals surface area contributed by atoms with Crippen LogP contribution in [0.15, 0.2) is 4.99 Å². The summed E-state index contributed by atoms with van der Waals surface area (Å²) in [5.74, 6) is -3.04. The Morgan fingerprint density at radius 1 is 0.968 bits per heavy atom. The molecule has 10 N–H and O–H groups in total. The van der Waals surface area contributed by atoms with E-state index in [1.807, 2.05) is 13.8 Å². The summed E-state index contributed by atoms with van der Waals surface area (Å²) in [6.45, 7) is 5.35. The van der Waals surface area contributed by atoms with Crippen molar-refractivity contribution in [1.82, 2.24) is 16.0 Å². The van der Waals surface area contributed by atoms with E-state index in [1.54, 1.807) is 0 Å². The fourth-order valence-electron chi connectivity index (χ4n) is 2.47. The number of nitrogens with one attached hydrogen (secondary N) is 3. The van der Waals surface area contributed by atoms with Crippen molar-refractivity contribution in [2.75, 3.05) is 12.3 Å². The second-order valence-corrected chi connectivity index (χ2v) is 7.92. The van der Waals surface area contributed by atoms with E-state index in [0.29, 0.717) is 19.4 Å². The molecule has 13 heteroatoms. The summed E-state index contributed by atoms with van der Waals surface area (Å²) in [5.41, 5.74) is 16.3. The van der Waals surface area contributed by atoms with Gasteiger partial charge in [0.1, 0.15) is 18.1 Å². The Hall–Kier alpha value is -2.54. The molecule has 0 bridgehead atoms. The number of carboxylic acid groups (broad SMARTS) is 1. The molecule has 31 heavy (non-hydrogen) atoms. The SMILES string of the molecule is CC(C)CC(NC(=O)C(CS)NC(=O)C(N)CCCN=C(N)N)C(=O)NC(C)C(=O)O. The van der Waals surface area contributed by atoms with Gasteiger partial charge < -0.3 is 38.3 Å². The average Bonchev–Trinajstić information content (AvgIpc) is 2.67. The van der Waals surface area contributed by atoms with Crippen LogP contribution in [-0.4, -0.2) is 71.2 Å². The van der Waals surface area contributed by atoms with Crippen LogP contribution in [0.4, 0.5) is 0 Å². The topological polar surface area (TPSA) is 215 Å². The zero-order valence-corrected chi connectivity index (χ0v) is 19.0. The summed E-state index contributed by atoms with van der Waals surface area (Å²) in [7, 11) is 0. The van der Waals surface area contributed by atoms with Gasteiger partial charge >= 0.3 is 5.97 Å². The second-order valence-electron chi connectivity index (χ2n) is 7.56. The highest BCUT2D eigenvalue weighted by Gasteiger charge is 2.29. The van der Waals surface area contributed by atoms with Crippen molar-refractivity contribution in [3.05, 3.63) is 0 Å². The van der Waals surface area contributed by atoms with Gasteiger partial charge in [0.2, 0.25) is 17.7 Å². The van der Waals surface area contributed by atoms with Crippen LogP contribution >= 0.6 is 12.6 Å². The Balaban J connectivity index is 4.96. The summed E-state index contributed by atoms with van der Waals surface area (Å²) < 4.78 is 0. The highest BCUT2D eigenvalue weighted by atomic mass is 32.1. The Labute approximate surface area is 187 Å². The minimum absolute atomic E-state index is 0.0279. The first-order valence-electron chi connectivity index (χ1n) is 9.94. The number of nitrogens with two attached hydrogens (primary N) is 3. The monoisotopic (exact) mass is 461 g/mol. The zero-order chi connectivity index (χ0) is 24.1. The van der Waals surface area contributed by atoms with Crippen LogP contribution in [0.5, 0.6) is 0 Å². The molecule has 0 heterocycles. The third-order valence-electron chi connectivity index (χ3n) is 4.19. The van der Waals surface area contributed by atoms with Crippen molar-refractivity contribution < 1.29 is 24.3 Å². The lowest BCUT2D eigenvalue weighted by Crippen LogP contribution is -2.57. The molecule has 4 atom stereocenters. The van der Waals surface area contributed by atoms with E-state index in [4.69, 9.17) is 22.3 Å². The zero-order valence-electron chi connectivity index (χ0n) is 18.1. The molecular formula is C18H35N7O5S. The number of thiol groups is 1. The second kappa shape index (κ2) is 14.5. The van der Waals surface area contributed by atoms with E-state index in [0.717, 1.165) is 0 Å². The van der Waals surface area contributed by atoms with E-state index in [9.17, 15) is 19.2 Å². The minimum Gasteiger partial charge on any atom is -0.480 e. The number of hydrogen-bond acceptors (Lipinski definition) is 7. The van der Waals surface area contributed by atoms with Gasteiger partial charge in [-0.2, -0.15) is 12.6 Å². The number of rotatable bonds is 14. The first-order valence-corrected chi connectivity index (χ1v) is 10.6. The molecule has 4 unspecified atom stereocenters. The molecule has 12 nitrogen and oxygen atoms in total. The first-order chi connectivity index (χ1) is 14.4. The molecule has 0 aliphatic carbocycles. The van der Waals surface area contributed by atoms with Crippen molar-refractivity contribution >= 4 is 42.3 Å².